The van der Waals surface area contributed by atoms with Gasteiger partial charge >= 0.3 is 0 Å². The highest BCUT2D eigenvalue weighted by Crippen LogP contribution is 2.15. The molecule has 1 aromatic carbocycles. The van der Waals surface area contributed by atoms with Crippen LogP contribution in [0.4, 0.5) is 5.69 Å². The number of fused-ring (bicyclic) bond motifs is 1. The van der Waals surface area contributed by atoms with Crippen LogP contribution in [0.15, 0.2) is 48.7 Å². The molecule has 0 saturated carbocycles. The Bertz CT molecular complexity index is 990. The molecule has 0 unspecified atom stereocenters. The zero-order valence-electron chi connectivity index (χ0n) is 17.1. The second-order valence-electron chi connectivity index (χ2n) is 6.79. The molecule has 29 heavy (non-hydrogen) atoms. The van der Waals surface area contributed by atoms with Crippen LogP contribution in [0.2, 0.25) is 0 Å². The predicted octanol–water partition coefficient (Wildman–Crippen LogP) is 2.97. The molecule has 0 saturated heterocycles. The van der Waals surface area contributed by atoms with E-state index in [9.17, 15) is 9.59 Å². The first-order valence-electron chi connectivity index (χ1n) is 9.89. The van der Waals surface area contributed by atoms with Gasteiger partial charge in [0, 0.05) is 30.5 Å². The first-order valence-corrected chi connectivity index (χ1v) is 9.89. The second kappa shape index (κ2) is 9.34. The molecular weight excluding hydrogens is 366 g/mol. The van der Waals surface area contributed by atoms with E-state index < -0.39 is 0 Å². The van der Waals surface area contributed by atoms with Gasteiger partial charge in [-0.2, -0.15) is 0 Å². The van der Waals surface area contributed by atoms with E-state index in [0.29, 0.717) is 29.2 Å². The van der Waals surface area contributed by atoms with Crippen LogP contribution in [0.25, 0.3) is 5.65 Å². The van der Waals surface area contributed by atoms with Crippen molar-refractivity contribution in [3.8, 4) is 0 Å². The SMILES string of the molecule is CCN(CC)CCNC(=O)c1ccc(NC(=O)c2c(C)nc3ccccn23)cc1. The van der Waals surface area contributed by atoms with Crippen molar-refractivity contribution in [2.24, 2.45) is 0 Å². The number of aromatic nitrogens is 2. The summed E-state index contributed by atoms with van der Waals surface area (Å²) in [6, 6.07) is 12.5. The molecule has 3 aromatic rings. The Kier molecular flexibility index (Phi) is 6.61. The van der Waals surface area contributed by atoms with Gasteiger partial charge < -0.3 is 15.5 Å². The molecule has 7 nitrogen and oxygen atoms in total. The molecule has 0 radical (unpaired) electrons. The van der Waals surface area contributed by atoms with Gasteiger partial charge in [0.15, 0.2) is 0 Å². The maximum Gasteiger partial charge on any atom is 0.274 e. The molecular formula is C22H27N5O2. The molecule has 2 aromatic heterocycles. The predicted molar refractivity (Wildman–Crippen MR) is 114 cm³/mol. The minimum absolute atomic E-state index is 0.118. The number of rotatable bonds is 8. The van der Waals surface area contributed by atoms with Crippen molar-refractivity contribution in [2.75, 3.05) is 31.5 Å². The standard InChI is InChI=1S/C22H27N5O2/c1-4-26(5-2)15-13-23-21(28)17-9-11-18(12-10-17)25-22(29)20-16(3)24-19-8-6-7-14-27(19)20/h6-12,14H,4-5,13,15H2,1-3H3,(H,23,28)(H,25,29). The van der Waals surface area contributed by atoms with E-state index in [0.717, 1.165) is 25.3 Å². The van der Waals surface area contributed by atoms with E-state index in [2.05, 4.69) is 34.4 Å². The van der Waals surface area contributed by atoms with Crippen LogP contribution in [0.3, 0.4) is 0 Å². The van der Waals surface area contributed by atoms with Gasteiger partial charge in [0.1, 0.15) is 11.3 Å². The number of likely N-dealkylation sites (N-methyl/N-ethyl adjacent to an activating group) is 1. The summed E-state index contributed by atoms with van der Waals surface area (Å²) in [6.07, 6.45) is 1.82. The minimum atomic E-state index is -0.238. The number of anilines is 1. The third-order valence-electron chi connectivity index (χ3n) is 4.93. The summed E-state index contributed by atoms with van der Waals surface area (Å²) in [4.78, 5) is 31.7. The van der Waals surface area contributed by atoms with Crippen LogP contribution in [0.1, 0.15) is 40.4 Å². The van der Waals surface area contributed by atoms with Crippen molar-refractivity contribution >= 4 is 23.1 Å². The molecule has 0 aliphatic heterocycles. The fourth-order valence-electron chi connectivity index (χ4n) is 3.25. The third kappa shape index (κ3) is 4.81. The number of carbonyl (C=O) groups excluding carboxylic acids is 2. The van der Waals surface area contributed by atoms with E-state index in [1.165, 1.54) is 0 Å². The summed E-state index contributed by atoms with van der Waals surface area (Å²) in [7, 11) is 0. The molecule has 0 aliphatic rings. The molecule has 0 aliphatic carbocycles. The highest BCUT2D eigenvalue weighted by atomic mass is 16.2. The quantitative estimate of drug-likeness (QED) is 0.617. The monoisotopic (exact) mass is 393 g/mol. The molecule has 2 amide bonds. The molecule has 0 spiro atoms. The van der Waals surface area contributed by atoms with Crippen LogP contribution in [0, 0.1) is 6.92 Å². The van der Waals surface area contributed by atoms with Crippen molar-refractivity contribution in [1.29, 1.82) is 0 Å². The fraction of sp³-hybridized carbons (Fsp3) is 0.318. The molecule has 2 heterocycles. The maximum absolute atomic E-state index is 12.7. The van der Waals surface area contributed by atoms with Gasteiger partial charge in [0.25, 0.3) is 11.8 Å². The van der Waals surface area contributed by atoms with Gasteiger partial charge in [0.2, 0.25) is 0 Å². The number of nitrogens with one attached hydrogen (secondary N) is 2. The summed E-state index contributed by atoms with van der Waals surface area (Å²) in [5.41, 5.74) is 3.08. The highest BCUT2D eigenvalue weighted by Gasteiger charge is 2.16. The molecule has 0 bridgehead atoms. The lowest BCUT2D eigenvalue weighted by Crippen LogP contribution is -2.34. The van der Waals surface area contributed by atoms with Crippen molar-refractivity contribution in [2.45, 2.75) is 20.8 Å². The summed E-state index contributed by atoms with van der Waals surface area (Å²) in [5.74, 6) is -0.356. The van der Waals surface area contributed by atoms with Gasteiger partial charge in [-0.05, 0) is 56.4 Å². The summed E-state index contributed by atoms with van der Waals surface area (Å²) in [6.45, 7) is 9.38. The fourth-order valence-corrected chi connectivity index (χ4v) is 3.25. The van der Waals surface area contributed by atoms with Gasteiger partial charge in [-0.1, -0.05) is 19.9 Å². The van der Waals surface area contributed by atoms with Gasteiger partial charge in [-0.3, -0.25) is 14.0 Å². The van der Waals surface area contributed by atoms with Crippen molar-refractivity contribution in [3.63, 3.8) is 0 Å². The smallest absolute Gasteiger partial charge is 0.274 e. The molecule has 0 atom stereocenters. The molecule has 0 fully saturated rings. The lowest BCUT2D eigenvalue weighted by molar-refractivity contribution is 0.0948. The summed E-state index contributed by atoms with van der Waals surface area (Å²) < 4.78 is 1.77. The zero-order valence-corrected chi connectivity index (χ0v) is 17.1. The van der Waals surface area contributed by atoms with E-state index >= 15 is 0 Å². The largest absolute Gasteiger partial charge is 0.351 e. The van der Waals surface area contributed by atoms with Crippen molar-refractivity contribution in [1.82, 2.24) is 19.6 Å². The van der Waals surface area contributed by atoms with Crippen LogP contribution in [0.5, 0.6) is 0 Å². The number of imidazole rings is 1. The van der Waals surface area contributed by atoms with E-state index in [4.69, 9.17) is 0 Å². The Morgan fingerprint density at radius 1 is 1.03 bits per heavy atom. The Morgan fingerprint density at radius 2 is 1.76 bits per heavy atom. The number of hydrogen-bond donors (Lipinski definition) is 2. The van der Waals surface area contributed by atoms with Crippen molar-refractivity contribution in [3.05, 3.63) is 65.6 Å². The average Bonchev–Trinajstić information content (AvgIpc) is 3.07. The van der Waals surface area contributed by atoms with Gasteiger partial charge in [0.05, 0.1) is 5.69 Å². The summed E-state index contributed by atoms with van der Waals surface area (Å²) >= 11 is 0. The third-order valence-corrected chi connectivity index (χ3v) is 4.93. The topological polar surface area (TPSA) is 78.7 Å². The Labute approximate surface area is 170 Å². The first-order chi connectivity index (χ1) is 14.0. The van der Waals surface area contributed by atoms with E-state index in [-0.39, 0.29) is 11.8 Å². The summed E-state index contributed by atoms with van der Waals surface area (Å²) in [5, 5.41) is 5.81. The lowest BCUT2D eigenvalue weighted by atomic mass is 10.2. The molecule has 152 valence electrons. The maximum atomic E-state index is 12.7. The van der Waals surface area contributed by atoms with Crippen molar-refractivity contribution < 1.29 is 9.59 Å². The zero-order chi connectivity index (χ0) is 20.8. The number of hydrogen-bond acceptors (Lipinski definition) is 4. The van der Waals surface area contributed by atoms with E-state index in [1.807, 2.05) is 31.3 Å². The van der Waals surface area contributed by atoms with Crippen LogP contribution < -0.4 is 10.6 Å². The number of aryl methyl sites for hydroxylation is 1. The number of nitrogens with zero attached hydrogens (tertiary/aromatic N) is 3. The number of benzene rings is 1. The number of pyridine rings is 1. The minimum Gasteiger partial charge on any atom is -0.351 e. The molecule has 2 N–H and O–H groups in total. The van der Waals surface area contributed by atoms with Gasteiger partial charge in [-0.15, -0.1) is 0 Å². The number of amides is 2. The van der Waals surface area contributed by atoms with E-state index in [1.54, 1.807) is 28.7 Å². The van der Waals surface area contributed by atoms with Crippen LogP contribution in [-0.2, 0) is 0 Å². The highest BCUT2D eigenvalue weighted by molar-refractivity contribution is 6.04. The number of carbonyl (C=O) groups is 2. The molecule has 7 heteroatoms. The Morgan fingerprint density at radius 3 is 2.45 bits per heavy atom. The Hall–Kier alpha value is -3.19. The average molecular weight is 393 g/mol. The van der Waals surface area contributed by atoms with Crippen LogP contribution in [-0.4, -0.2) is 52.3 Å². The lowest BCUT2D eigenvalue weighted by Gasteiger charge is -2.18. The normalized spacial score (nSPS) is 11.0. The first kappa shape index (κ1) is 20.5. The van der Waals surface area contributed by atoms with Gasteiger partial charge in [-0.25, -0.2) is 4.98 Å². The van der Waals surface area contributed by atoms with Crippen LogP contribution >= 0.6 is 0 Å². The Balaban J connectivity index is 1.62. The molecule has 3 rings (SSSR count). The second-order valence-corrected chi connectivity index (χ2v) is 6.79.